The van der Waals surface area contributed by atoms with Crippen molar-refractivity contribution in [1.82, 2.24) is 4.90 Å². The summed E-state index contributed by atoms with van der Waals surface area (Å²) in [7, 11) is 0. The third kappa shape index (κ3) is 4.21. The second-order valence-corrected chi connectivity index (χ2v) is 12.8. The Morgan fingerprint density at radius 2 is 2.05 bits per heavy atom. The minimum Gasteiger partial charge on any atom is -0.444 e. The van der Waals surface area contributed by atoms with E-state index < -0.39 is 19.4 Å². The predicted octanol–water partition coefficient (Wildman–Crippen LogP) is 4.00. The van der Waals surface area contributed by atoms with Crippen molar-refractivity contribution < 1.29 is 14.6 Å². The Morgan fingerprint density at radius 1 is 1.50 bits per heavy atom. The van der Waals surface area contributed by atoms with Crippen LogP contribution in [0.5, 0.6) is 0 Å². The molecule has 0 aromatic carbocycles. The number of rotatable bonds is 2. The monoisotopic (exact) mass is 475 g/mol. The third-order valence-corrected chi connectivity index (χ3v) is 5.20. The van der Waals surface area contributed by atoms with Gasteiger partial charge in [-0.3, -0.25) is 0 Å². The van der Waals surface area contributed by atoms with Crippen LogP contribution in [0.3, 0.4) is 0 Å². The van der Waals surface area contributed by atoms with Crippen LogP contribution < -0.4 is 0 Å². The molecule has 0 spiro atoms. The van der Waals surface area contributed by atoms with E-state index >= 15 is 0 Å². The van der Waals surface area contributed by atoms with Crippen LogP contribution in [-0.2, 0) is 4.74 Å². The van der Waals surface area contributed by atoms with E-state index in [0.717, 1.165) is 0 Å². The van der Waals surface area contributed by atoms with Crippen LogP contribution in [0.2, 0.25) is 0 Å². The first-order valence-electron chi connectivity index (χ1n) is 6.28. The number of carbonyl (C=O) groups is 1. The van der Waals surface area contributed by atoms with E-state index in [0.29, 0.717) is 13.0 Å². The van der Waals surface area contributed by atoms with Gasteiger partial charge in [-0.25, -0.2) is 4.79 Å². The van der Waals surface area contributed by atoms with Gasteiger partial charge < -0.3 is 14.7 Å². The molecule has 2 atom stereocenters. The van der Waals surface area contributed by atoms with E-state index in [1.54, 1.807) is 6.08 Å². The molecule has 0 aromatic rings. The maximum atomic E-state index is 12.1. The van der Waals surface area contributed by atoms with Gasteiger partial charge in [0.2, 0.25) is 0 Å². The van der Waals surface area contributed by atoms with Crippen molar-refractivity contribution in [2.75, 3.05) is 13.1 Å². The summed E-state index contributed by atoms with van der Waals surface area (Å²) in [5.41, 5.74) is -1.72. The van der Waals surface area contributed by atoms with E-state index in [4.69, 9.17) is 4.74 Å². The van der Waals surface area contributed by atoms with Crippen LogP contribution in [-0.4, -0.2) is 42.5 Å². The highest BCUT2D eigenvalue weighted by molar-refractivity contribution is 9.39. The highest BCUT2D eigenvalue weighted by Crippen LogP contribution is 2.51. The molecular weight excluding hydrogens is 458 g/mol. The summed E-state index contributed by atoms with van der Waals surface area (Å²) >= 11 is 10.1. The molecule has 0 aromatic heterocycles. The average Bonchev–Trinajstić information content (AvgIpc) is 2.55. The molecule has 1 unspecified atom stereocenters. The van der Waals surface area contributed by atoms with Crippen molar-refractivity contribution >= 4 is 53.9 Å². The summed E-state index contributed by atoms with van der Waals surface area (Å²) in [6.07, 6.45) is 1.92. The van der Waals surface area contributed by atoms with Gasteiger partial charge in [-0.2, -0.15) is 0 Å². The van der Waals surface area contributed by atoms with Gasteiger partial charge in [0.1, 0.15) is 11.2 Å². The largest absolute Gasteiger partial charge is 0.444 e. The first-order chi connectivity index (χ1) is 8.90. The maximum Gasteiger partial charge on any atom is 0.410 e. The fourth-order valence-electron chi connectivity index (χ4n) is 2.16. The number of carbonyl (C=O) groups excluding carboxylic acids is 1. The smallest absolute Gasteiger partial charge is 0.410 e. The number of nitrogens with zero attached hydrogens (tertiary/aromatic N) is 1. The molecule has 0 saturated carbocycles. The summed E-state index contributed by atoms with van der Waals surface area (Å²) in [4.78, 5) is 13.7. The van der Waals surface area contributed by atoms with Crippen LogP contribution in [0.4, 0.5) is 4.79 Å². The summed E-state index contributed by atoms with van der Waals surface area (Å²) < 4.78 is 4.49. The number of halogens is 3. The minimum absolute atomic E-state index is 0.148. The van der Waals surface area contributed by atoms with Gasteiger partial charge in [0.15, 0.2) is 2.14 Å². The van der Waals surface area contributed by atoms with Gasteiger partial charge in [-0.05, 0) is 27.2 Å². The molecule has 0 radical (unpaired) electrons. The van der Waals surface area contributed by atoms with E-state index in [1.165, 1.54) is 4.90 Å². The van der Waals surface area contributed by atoms with E-state index in [9.17, 15) is 9.90 Å². The summed E-state index contributed by atoms with van der Waals surface area (Å²) in [6, 6.07) is 0. The van der Waals surface area contributed by atoms with E-state index in [2.05, 4.69) is 54.4 Å². The topological polar surface area (TPSA) is 49.8 Å². The quantitative estimate of drug-likeness (QED) is 0.483. The molecule has 7 heteroatoms. The van der Waals surface area contributed by atoms with Gasteiger partial charge in [-0.15, -0.1) is 6.58 Å². The van der Waals surface area contributed by atoms with Crippen molar-refractivity contribution in [3.8, 4) is 0 Å². The SMILES string of the molecule is C=CCC1CN(C(=O)OC(C)(C)C)C[C@]1(O)C(Br)(Br)Br. The normalized spacial score (nSPS) is 27.6. The molecule has 1 fully saturated rings. The van der Waals surface area contributed by atoms with Crippen molar-refractivity contribution in [1.29, 1.82) is 0 Å². The lowest BCUT2D eigenvalue weighted by molar-refractivity contribution is 0.0114. The highest BCUT2D eigenvalue weighted by Gasteiger charge is 2.57. The van der Waals surface area contributed by atoms with Crippen LogP contribution >= 0.6 is 47.8 Å². The molecular formula is C13H20Br3NO3. The second kappa shape index (κ2) is 6.26. The molecule has 116 valence electrons. The molecule has 20 heavy (non-hydrogen) atoms. The van der Waals surface area contributed by atoms with Crippen LogP contribution in [0.25, 0.3) is 0 Å². The zero-order valence-electron chi connectivity index (χ0n) is 11.8. The molecule has 0 bridgehead atoms. The maximum absolute atomic E-state index is 12.1. The number of likely N-dealkylation sites (tertiary alicyclic amines) is 1. The molecule has 1 N–H and O–H groups in total. The number of hydrogen-bond donors (Lipinski definition) is 1. The van der Waals surface area contributed by atoms with Gasteiger partial charge >= 0.3 is 6.09 Å². The molecule has 1 heterocycles. The first-order valence-corrected chi connectivity index (χ1v) is 8.66. The van der Waals surface area contributed by atoms with Crippen molar-refractivity contribution in [3.63, 3.8) is 0 Å². The number of allylic oxidation sites excluding steroid dienone is 1. The number of ether oxygens (including phenoxy) is 1. The summed E-state index contributed by atoms with van der Waals surface area (Å²) in [5.74, 6) is -0.148. The van der Waals surface area contributed by atoms with Crippen LogP contribution in [0.1, 0.15) is 27.2 Å². The second-order valence-electron chi connectivity index (χ2n) is 6.00. The Morgan fingerprint density at radius 3 is 2.45 bits per heavy atom. The number of aliphatic hydroxyl groups is 1. The molecule has 1 aliphatic heterocycles. The third-order valence-electron chi connectivity index (χ3n) is 3.14. The van der Waals surface area contributed by atoms with Crippen molar-refractivity contribution in [2.24, 2.45) is 5.92 Å². The van der Waals surface area contributed by atoms with Crippen molar-refractivity contribution in [2.45, 2.75) is 40.5 Å². The number of hydrogen-bond acceptors (Lipinski definition) is 3. The van der Waals surface area contributed by atoms with Crippen molar-refractivity contribution in [3.05, 3.63) is 12.7 Å². The Labute approximate surface area is 145 Å². The van der Waals surface area contributed by atoms with Crippen LogP contribution in [0.15, 0.2) is 12.7 Å². The molecule has 1 amide bonds. The standard InChI is InChI=1S/C13H20Br3NO3/c1-5-6-9-7-17(10(18)20-11(2,3)4)8-12(9,19)13(14,15)16/h5,9,19H,1,6-8H2,2-4H3/t9?,12-/m1/s1. The molecule has 1 rings (SSSR count). The zero-order chi connectivity index (χ0) is 15.8. The zero-order valence-corrected chi connectivity index (χ0v) is 16.6. The predicted molar refractivity (Wildman–Crippen MR) is 90.6 cm³/mol. The first kappa shape index (κ1) is 18.5. The van der Waals surface area contributed by atoms with E-state index in [1.807, 2.05) is 20.8 Å². The number of β-amino-alcohol motifs (C(OH)–C–C–N with tert-alkyl or cyclic N) is 1. The lowest BCUT2D eigenvalue weighted by Gasteiger charge is -2.36. The molecule has 0 aliphatic carbocycles. The van der Waals surface area contributed by atoms with Crippen LogP contribution in [0, 0.1) is 5.92 Å². The van der Waals surface area contributed by atoms with Gasteiger partial charge in [0.05, 0.1) is 6.54 Å². The van der Waals surface area contributed by atoms with E-state index in [-0.39, 0.29) is 12.5 Å². The lowest BCUT2D eigenvalue weighted by atomic mass is 9.90. The van der Waals surface area contributed by atoms with Gasteiger partial charge in [0.25, 0.3) is 0 Å². The molecule has 1 saturated heterocycles. The van der Waals surface area contributed by atoms with Gasteiger partial charge in [0, 0.05) is 12.5 Å². The summed E-state index contributed by atoms with van der Waals surface area (Å²) in [6.45, 7) is 9.75. The van der Waals surface area contributed by atoms with Gasteiger partial charge in [-0.1, -0.05) is 53.9 Å². The summed E-state index contributed by atoms with van der Waals surface area (Å²) in [5, 5.41) is 10.9. The minimum atomic E-state index is -1.17. The Balaban J connectivity index is 2.91. The molecule has 1 aliphatic rings. The number of alkyl halides is 3. The number of amides is 1. The Kier molecular flexibility index (Phi) is 5.78. The lowest BCUT2D eigenvalue weighted by Crippen LogP contribution is -2.49. The Bertz CT molecular complexity index is 389. The average molecular weight is 478 g/mol. The Hall–Kier alpha value is 0.410. The molecule has 4 nitrogen and oxygen atoms in total. The fourth-order valence-corrected chi connectivity index (χ4v) is 3.51. The highest BCUT2D eigenvalue weighted by atomic mass is 80.0. The fraction of sp³-hybridized carbons (Fsp3) is 0.769.